The lowest BCUT2D eigenvalue weighted by Crippen LogP contribution is -2.61. The molecular formula is C49H77N17O9. The number of aromatic hydroxyl groups is 1. The third kappa shape index (κ3) is 19.8. The van der Waals surface area contributed by atoms with Crippen LogP contribution >= 0.6 is 0 Å². The van der Waals surface area contributed by atoms with E-state index < -0.39 is 83.7 Å². The van der Waals surface area contributed by atoms with Crippen molar-refractivity contribution < 1.29 is 43.8 Å². The second kappa shape index (κ2) is 29.3. The Balaban J connectivity index is 1.24. The van der Waals surface area contributed by atoms with Crippen LogP contribution < -0.4 is 70.4 Å². The smallest absolute Gasteiger partial charge is 0.305 e. The molecule has 6 amide bonds. The van der Waals surface area contributed by atoms with E-state index in [1.807, 2.05) is 18.3 Å². The van der Waals surface area contributed by atoms with Gasteiger partial charge in [-0.25, -0.2) is 0 Å². The first-order valence-corrected chi connectivity index (χ1v) is 25.3. The lowest BCUT2D eigenvalue weighted by atomic mass is 9.99. The van der Waals surface area contributed by atoms with Crippen LogP contribution in [0.1, 0.15) is 60.0 Å². The normalized spacial score (nSPS) is 26.6. The van der Waals surface area contributed by atoms with Crippen LogP contribution in [0.3, 0.4) is 0 Å². The van der Waals surface area contributed by atoms with Crippen LogP contribution in [-0.2, 0) is 41.7 Å². The van der Waals surface area contributed by atoms with Crippen LogP contribution in [0, 0.1) is 5.41 Å². The Labute approximate surface area is 436 Å². The first kappa shape index (κ1) is 59.1. The zero-order valence-corrected chi connectivity index (χ0v) is 42.7. The molecule has 2 bridgehead atoms. The number of unbranched alkanes of at least 4 members (excludes halogenated alkanes) is 1. The van der Waals surface area contributed by atoms with E-state index >= 15 is 0 Å². The fourth-order valence-electron chi connectivity index (χ4n) is 9.09. The highest BCUT2D eigenvalue weighted by atomic mass is 16.4. The number of nitrogens with one attached hydrogen (secondary N) is 11. The number of amides is 6. The minimum absolute atomic E-state index is 0.0171. The molecule has 3 aliphatic heterocycles. The Hall–Kier alpha value is -6.81. The number of benzene rings is 2. The molecule has 3 saturated heterocycles. The van der Waals surface area contributed by atoms with Crippen molar-refractivity contribution in [3.63, 3.8) is 0 Å². The van der Waals surface area contributed by atoms with Gasteiger partial charge in [-0.2, -0.15) is 0 Å². The van der Waals surface area contributed by atoms with Gasteiger partial charge < -0.3 is 80.6 Å². The first-order chi connectivity index (χ1) is 35.9. The van der Waals surface area contributed by atoms with E-state index in [0.29, 0.717) is 63.2 Å². The number of hydrogen-bond donors (Lipinski definition) is 16. The summed E-state index contributed by atoms with van der Waals surface area (Å²) in [6.45, 7) is 7.18. The predicted molar refractivity (Wildman–Crippen MR) is 280 cm³/mol. The molecule has 5 rings (SSSR count). The van der Waals surface area contributed by atoms with Crippen molar-refractivity contribution in [1.29, 1.82) is 5.41 Å². The molecule has 19 N–H and O–H groups in total. The number of nitrogens with zero attached hydrogens (tertiary/aromatic N) is 3. The van der Waals surface area contributed by atoms with E-state index in [-0.39, 0.29) is 56.4 Å². The van der Waals surface area contributed by atoms with Crippen LogP contribution in [0.15, 0.2) is 53.5 Å². The third-order valence-corrected chi connectivity index (χ3v) is 13.1. The second-order valence-electron chi connectivity index (χ2n) is 19.5. The van der Waals surface area contributed by atoms with Gasteiger partial charge in [0.2, 0.25) is 29.5 Å². The third-order valence-electron chi connectivity index (χ3n) is 13.1. The van der Waals surface area contributed by atoms with Gasteiger partial charge in [0.1, 0.15) is 29.9 Å². The Kier molecular flexibility index (Phi) is 23.1. The Morgan fingerprint density at radius 2 is 1.39 bits per heavy atom. The van der Waals surface area contributed by atoms with E-state index in [9.17, 15) is 43.8 Å². The molecule has 26 nitrogen and oxygen atoms in total. The highest BCUT2D eigenvalue weighted by molar-refractivity contribution is 5.98. The number of carboxylic acids is 1. The van der Waals surface area contributed by atoms with Crippen LogP contribution in [0.4, 0.5) is 0 Å². The predicted octanol–water partition coefficient (Wildman–Crippen LogP) is -4.70. The SMILES string of the molecule is C/N=C/C1(NCc2ccc(C(=O)NCCCC[C@H]3NC(=O)[C@@H](CCCNC(=N)N)NC(=O)CNC(=O)[C@@H](CC(=O)O)NC(=O)[C@H](Cc4ccc(O)cc4)NC3=O)cc2)CNCCNCC(N)(CN)CN2CCN(C2)C1. The summed E-state index contributed by atoms with van der Waals surface area (Å²) in [7, 11) is 1.77. The molecule has 2 aromatic rings. The van der Waals surface area contributed by atoms with Crippen molar-refractivity contribution >= 4 is 53.6 Å². The molecule has 75 heavy (non-hydrogen) atoms. The molecule has 0 aliphatic carbocycles. The van der Waals surface area contributed by atoms with Gasteiger partial charge in [-0.15, -0.1) is 0 Å². The molecule has 2 aromatic carbocycles. The average molecular weight is 1050 g/mol. The minimum atomic E-state index is -1.65. The van der Waals surface area contributed by atoms with Gasteiger partial charge >= 0.3 is 5.97 Å². The largest absolute Gasteiger partial charge is 0.508 e. The minimum Gasteiger partial charge on any atom is -0.508 e. The number of aliphatic carboxylic acids is 1. The zero-order valence-electron chi connectivity index (χ0n) is 42.7. The van der Waals surface area contributed by atoms with Crippen molar-refractivity contribution in [2.24, 2.45) is 22.2 Å². The van der Waals surface area contributed by atoms with Gasteiger partial charge in [0.15, 0.2) is 5.96 Å². The van der Waals surface area contributed by atoms with Gasteiger partial charge in [-0.3, -0.25) is 53.8 Å². The first-order valence-electron chi connectivity index (χ1n) is 25.3. The number of carbonyl (C=O) groups excluding carboxylic acids is 6. The summed E-state index contributed by atoms with van der Waals surface area (Å²) >= 11 is 0. The molecule has 0 radical (unpaired) electrons. The van der Waals surface area contributed by atoms with E-state index in [4.69, 9.17) is 22.6 Å². The van der Waals surface area contributed by atoms with Gasteiger partial charge in [0.25, 0.3) is 5.91 Å². The van der Waals surface area contributed by atoms with Gasteiger partial charge in [-0.05, 0) is 67.5 Å². The maximum Gasteiger partial charge on any atom is 0.305 e. The molecule has 0 saturated carbocycles. The lowest BCUT2D eigenvalue weighted by Gasteiger charge is -2.36. The molecule has 412 valence electrons. The number of hydrogen-bond acceptors (Lipinski definition) is 17. The summed E-state index contributed by atoms with van der Waals surface area (Å²) in [6.07, 6.45) is 1.88. The Morgan fingerprint density at radius 3 is 2.05 bits per heavy atom. The van der Waals surface area contributed by atoms with Crippen molar-refractivity contribution in [3.8, 4) is 5.75 Å². The van der Waals surface area contributed by atoms with Crippen molar-refractivity contribution in [1.82, 2.24) is 63.0 Å². The number of guanidine groups is 1. The number of carbonyl (C=O) groups is 7. The molecule has 3 heterocycles. The molecule has 0 spiro atoms. The summed E-state index contributed by atoms with van der Waals surface area (Å²) in [4.78, 5) is 103. The highest BCUT2D eigenvalue weighted by Gasteiger charge is 2.37. The highest BCUT2D eigenvalue weighted by Crippen LogP contribution is 2.17. The summed E-state index contributed by atoms with van der Waals surface area (Å²) in [5.74, 6) is -6.39. The van der Waals surface area contributed by atoms with Crippen LogP contribution in [0.25, 0.3) is 0 Å². The van der Waals surface area contributed by atoms with Crippen molar-refractivity contribution in [3.05, 3.63) is 65.2 Å². The average Bonchev–Trinajstić information content (AvgIpc) is 3.81. The van der Waals surface area contributed by atoms with E-state index in [2.05, 4.69) is 68.0 Å². The van der Waals surface area contributed by atoms with E-state index in [0.717, 1.165) is 38.4 Å². The standard InChI is InChI=1S/C49H77N17O9/c1-54-27-49(28-56-18-17-55-26-48(53,25-50)29-65-19-20-66(30-49)31-65)60-23-33-7-11-34(12-8-33)42(71)57-15-3-2-5-37-45(74)63-38(21-32-9-13-35(67)14-10-32)46(75)64-39(22-41(69)70)43(72)59-24-40(68)61-36(44(73)62-37)6-4-16-58-47(51)52/h7-14,27,36-39,55-56,60,67H,2-6,15-26,28-31,50,53H2,1H3,(H,57,71)(H,59,72)(H,61,68)(H,62,73)(H,63,74)(H,64,75)(H,69,70)(H4,51,52,58)/b54-27+/t36-,37-,38+,39-,48?,49?/m1/s1. The number of carboxylic acid groups (broad SMARTS) is 1. The molecule has 0 aromatic heterocycles. The van der Waals surface area contributed by atoms with Crippen LogP contribution in [-0.4, -0.2) is 201 Å². The van der Waals surface area contributed by atoms with Gasteiger partial charge in [-0.1, -0.05) is 24.3 Å². The Bertz CT molecular complexity index is 2290. The van der Waals surface area contributed by atoms with Crippen molar-refractivity contribution in [2.75, 3.05) is 92.3 Å². The van der Waals surface area contributed by atoms with Crippen LogP contribution in [0.5, 0.6) is 5.75 Å². The number of phenolic OH excluding ortho intramolecular Hbond substituents is 1. The van der Waals surface area contributed by atoms with Crippen molar-refractivity contribution in [2.45, 2.75) is 86.7 Å². The fraction of sp³-hybridized carbons (Fsp3) is 0.571. The monoisotopic (exact) mass is 1050 g/mol. The van der Waals surface area contributed by atoms with Gasteiger partial charge in [0.05, 0.1) is 30.7 Å². The summed E-state index contributed by atoms with van der Waals surface area (Å²) in [6, 6.07) is 7.49. The van der Waals surface area contributed by atoms with Gasteiger partial charge in [0, 0.05) is 104 Å². The summed E-state index contributed by atoms with van der Waals surface area (Å²) in [5, 5.41) is 55.8. The molecule has 4 unspecified atom stereocenters. The summed E-state index contributed by atoms with van der Waals surface area (Å²) in [5.41, 5.74) is 19.0. The number of nitrogens with two attached hydrogens (primary N) is 3. The maximum absolute atomic E-state index is 14.2. The number of rotatable bonds is 19. The quantitative estimate of drug-likeness (QED) is 0.0357. The molecule has 8 atom stereocenters. The number of fused-ring (bicyclic) bond motifs is 2. The topological polar surface area (TPSA) is 401 Å². The van der Waals surface area contributed by atoms with E-state index in [1.165, 1.54) is 24.3 Å². The summed E-state index contributed by atoms with van der Waals surface area (Å²) < 4.78 is 0. The van der Waals surface area contributed by atoms with Crippen LogP contribution in [0.2, 0.25) is 0 Å². The lowest BCUT2D eigenvalue weighted by molar-refractivity contribution is -0.141. The molecule has 3 aliphatic rings. The maximum atomic E-state index is 14.2. The number of aliphatic imine (C=N–C) groups is 1. The fourth-order valence-corrected chi connectivity index (χ4v) is 9.09. The zero-order chi connectivity index (χ0) is 54.4. The Morgan fingerprint density at radius 1 is 0.787 bits per heavy atom. The van der Waals surface area contributed by atoms with E-state index in [1.54, 1.807) is 19.2 Å². The molecule has 26 heteroatoms. The molecule has 3 fully saturated rings. The molecular weight excluding hydrogens is 971 g/mol. The number of phenols is 1. The second-order valence-corrected chi connectivity index (χ2v) is 19.5.